The van der Waals surface area contributed by atoms with E-state index < -0.39 is 0 Å². The molecule has 0 fully saturated rings. The van der Waals surface area contributed by atoms with Gasteiger partial charge in [0.25, 0.3) is 0 Å². The van der Waals surface area contributed by atoms with Crippen molar-refractivity contribution in [3.63, 3.8) is 0 Å². The molecule has 110 valence electrons. The Hall–Kier alpha value is -2.06. The van der Waals surface area contributed by atoms with Crippen LogP contribution >= 0.6 is 11.6 Å². The Bertz CT molecular complexity index is 616. The minimum absolute atomic E-state index is 0.412. The quantitative estimate of drug-likeness (QED) is 0.788. The molecule has 0 aliphatic carbocycles. The van der Waals surface area contributed by atoms with Crippen molar-refractivity contribution in [2.75, 3.05) is 6.61 Å². The summed E-state index contributed by atoms with van der Waals surface area (Å²) in [5.41, 5.74) is 1.30. The van der Waals surface area contributed by atoms with E-state index in [2.05, 4.69) is 23.3 Å². The highest BCUT2D eigenvalue weighted by molar-refractivity contribution is 6.30. The van der Waals surface area contributed by atoms with Gasteiger partial charge in [-0.25, -0.2) is 4.68 Å². The van der Waals surface area contributed by atoms with Crippen LogP contribution in [0.3, 0.4) is 0 Å². The molecule has 1 aromatic carbocycles. The number of unbranched alkanes of at least 4 members (excludes halogenated alkanes) is 1. The molecular formula is C15H17ClN4O. The Balaban J connectivity index is 1.95. The Morgan fingerprint density at radius 2 is 2.10 bits per heavy atom. The SMILES string of the molecule is CCCCc1c(C#N)nnn1CCOc1ccc(Cl)cc1. The maximum Gasteiger partial charge on any atom is 0.185 e. The number of halogens is 1. The number of hydrogen-bond donors (Lipinski definition) is 0. The largest absolute Gasteiger partial charge is 0.492 e. The predicted octanol–water partition coefficient (Wildman–Crippen LogP) is 3.22. The van der Waals surface area contributed by atoms with Crippen molar-refractivity contribution >= 4 is 11.6 Å². The first kappa shape index (κ1) is 15.3. The zero-order chi connectivity index (χ0) is 15.1. The van der Waals surface area contributed by atoms with E-state index in [0.717, 1.165) is 30.7 Å². The lowest BCUT2D eigenvalue weighted by molar-refractivity contribution is 0.287. The molecule has 0 spiro atoms. The van der Waals surface area contributed by atoms with Crippen LogP contribution in [0.5, 0.6) is 5.75 Å². The lowest BCUT2D eigenvalue weighted by atomic mass is 10.2. The molecule has 0 unspecified atom stereocenters. The molecule has 1 aromatic heterocycles. The summed E-state index contributed by atoms with van der Waals surface area (Å²) in [6.07, 6.45) is 2.89. The second-order valence-corrected chi connectivity index (χ2v) is 5.06. The molecule has 21 heavy (non-hydrogen) atoms. The highest BCUT2D eigenvalue weighted by atomic mass is 35.5. The molecule has 5 nitrogen and oxygen atoms in total. The van der Waals surface area contributed by atoms with E-state index >= 15 is 0 Å². The second-order valence-electron chi connectivity index (χ2n) is 4.63. The monoisotopic (exact) mass is 304 g/mol. The number of rotatable bonds is 7. The normalized spacial score (nSPS) is 10.3. The number of hydrogen-bond acceptors (Lipinski definition) is 4. The van der Waals surface area contributed by atoms with Crippen LogP contribution in [0.15, 0.2) is 24.3 Å². The van der Waals surface area contributed by atoms with E-state index in [4.69, 9.17) is 21.6 Å². The Morgan fingerprint density at radius 3 is 2.76 bits per heavy atom. The number of benzene rings is 1. The van der Waals surface area contributed by atoms with E-state index in [0.29, 0.717) is 23.9 Å². The van der Waals surface area contributed by atoms with Gasteiger partial charge in [0.1, 0.15) is 18.4 Å². The van der Waals surface area contributed by atoms with Crippen LogP contribution in [0.25, 0.3) is 0 Å². The topological polar surface area (TPSA) is 63.7 Å². The van der Waals surface area contributed by atoms with Gasteiger partial charge in [-0.3, -0.25) is 0 Å². The molecule has 0 aliphatic heterocycles. The lowest BCUT2D eigenvalue weighted by Crippen LogP contribution is -2.12. The Kier molecular flexibility index (Phi) is 5.59. The van der Waals surface area contributed by atoms with Gasteiger partial charge in [0.15, 0.2) is 5.69 Å². The maximum absolute atomic E-state index is 9.05. The molecule has 0 radical (unpaired) electrons. The minimum Gasteiger partial charge on any atom is -0.492 e. The van der Waals surface area contributed by atoms with Gasteiger partial charge in [0.2, 0.25) is 0 Å². The van der Waals surface area contributed by atoms with Crippen molar-refractivity contribution in [2.45, 2.75) is 32.7 Å². The molecular weight excluding hydrogens is 288 g/mol. The molecule has 2 aromatic rings. The van der Waals surface area contributed by atoms with Crippen molar-refractivity contribution in [1.82, 2.24) is 15.0 Å². The summed E-state index contributed by atoms with van der Waals surface area (Å²) in [7, 11) is 0. The van der Waals surface area contributed by atoms with E-state index in [1.807, 2.05) is 12.1 Å². The summed E-state index contributed by atoms with van der Waals surface area (Å²) >= 11 is 5.82. The molecule has 2 rings (SSSR count). The van der Waals surface area contributed by atoms with Gasteiger partial charge in [-0.1, -0.05) is 30.2 Å². The van der Waals surface area contributed by atoms with Crippen molar-refractivity contribution in [3.05, 3.63) is 40.7 Å². The van der Waals surface area contributed by atoms with E-state index in [1.54, 1.807) is 16.8 Å². The van der Waals surface area contributed by atoms with Gasteiger partial charge in [-0.15, -0.1) is 5.10 Å². The van der Waals surface area contributed by atoms with Crippen LogP contribution in [0.2, 0.25) is 5.02 Å². The summed E-state index contributed by atoms with van der Waals surface area (Å²) in [5, 5.41) is 17.7. The van der Waals surface area contributed by atoms with Crippen molar-refractivity contribution in [3.8, 4) is 11.8 Å². The Labute approximate surface area is 129 Å². The van der Waals surface area contributed by atoms with E-state index in [9.17, 15) is 0 Å². The number of aromatic nitrogens is 3. The summed E-state index contributed by atoms with van der Waals surface area (Å²) < 4.78 is 7.39. The first-order chi connectivity index (χ1) is 10.2. The first-order valence-corrected chi connectivity index (χ1v) is 7.33. The number of ether oxygens (including phenoxy) is 1. The van der Waals surface area contributed by atoms with Crippen molar-refractivity contribution < 1.29 is 4.74 Å². The summed E-state index contributed by atoms with van der Waals surface area (Å²) in [4.78, 5) is 0. The summed E-state index contributed by atoms with van der Waals surface area (Å²) in [6.45, 7) is 3.15. The average molecular weight is 305 g/mol. The number of nitriles is 1. The number of nitrogens with zero attached hydrogens (tertiary/aromatic N) is 4. The minimum atomic E-state index is 0.412. The fraction of sp³-hybridized carbons (Fsp3) is 0.400. The summed E-state index contributed by atoms with van der Waals surface area (Å²) in [5.74, 6) is 0.759. The molecule has 0 aliphatic rings. The summed E-state index contributed by atoms with van der Waals surface area (Å²) in [6, 6.07) is 9.30. The third kappa shape index (κ3) is 4.20. The first-order valence-electron chi connectivity index (χ1n) is 6.95. The average Bonchev–Trinajstić information content (AvgIpc) is 2.89. The third-order valence-electron chi connectivity index (χ3n) is 3.10. The molecule has 6 heteroatoms. The van der Waals surface area contributed by atoms with Gasteiger partial charge in [-0.2, -0.15) is 5.26 Å². The second kappa shape index (κ2) is 7.65. The van der Waals surface area contributed by atoms with Crippen LogP contribution < -0.4 is 4.74 Å². The van der Waals surface area contributed by atoms with Crippen LogP contribution in [0.4, 0.5) is 0 Å². The molecule has 0 N–H and O–H groups in total. The molecule has 0 bridgehead atoms. The maximum atomic E-state index is 9.05. The van der Waals surface area contributed by atoms with Crippen LogP contribution in [-0.2, 0) is 13.0 Å². The van der Waals surface area contributed by atoms with Crippen LogP contribution in [-0.4, -0.2) is 21.6 Å². The standard InChI is InChI=1S/C15H17ClN4O/c1-2-3-4-15-14(11-17)18-19-20(15)9-10-21-13-7-5-12(16)6-8-13/h5-8H,2-4,9-10H2,1H3. The molecule has 1 heterocycles. The molecule has 0 amide bonds. The van der Waals surface area contributed by atoms with E-state index in [1.165, 1.54) is 0 Å². The van der Waals surface area contributed by atoms with Gasteiger partial charge in [-0.05, 0) is 37.1 Å². The fourth-order valence-electron chi connectivity index (χ4n) is 1.97. The zero-order valence-corrected chi connectivity index (χ0v) is 12.7. The van der Waals surface area contributed by atoms with Crippen molar-refractivity contribution in [1.29, 1.82) is 5.26 Å². The smallest absolute Gasteiger partial charge is 0.185 e. The van der Waals surface area contributed by atoms with Crippen molar-refractivity contribution in [2.24, 2.45) is 0 Å². The lowest BCUT2D eigenvalue weighted by Gasteiger charge is -2.08. The molecule has 0 atom stereocenters. The van der Waals surface area contributed by atoms with Crippen LogP contribution in [0.1, 0.15) is 31.2 Å². The van der Waals surface area contributed by atoms with Gasteiger partial charge in [0, 0.05) is 5.02 Å². The molecule has 0 saturated heterocycles. The Morgan fingerprint density at radius 1 is 1.33 bits per heavy atom. The van der Waals surface area contributed by atoms with E-state index in [-0.39, 0.29) is 0 Å². The third-order valence-corrected chi connectivity index (χ3v) is 3.35. The van der Waals surface area contributed by atoms with Gasteiger partial charge >= 0.3 is 0 Å². The fourth-order valence-corrected chi connectivity index (χ4v) is 2.10. The zero-order valence-electron chi connectivity index (χ0n) is 11.9. The highest BCUT2D eigenvalue weighted by Gasteiger charge is 2.11. The van der Waals surface area contributed by atoms with Gasteiger partial charge < -0.3 is 4.74 Å². The van der Waals surface area contributed by atoms with Crippen LogP contribution in [0, 0.1) is 11.3 Å². The highest BCUT2D eigenvalue weighted by Crippen LogP contribution is 2.15. The van der Waals surface area contributed by atoms with Gasteiger partial charge in [0.05, 0.1) is 12.2 Å². The predicted molar refractivity (Wildman–Crippen MR) is 80.3 cm³/mol. The molecule has 0 saturated carbocycles.